The van der Waals surface area contributed by atoms with E-state index in [0.717, 1.165) is 5.56 Å². The normalized spacial score (nSPS) is 11.0. The molecular formula is C14H17F3N2O3. The van der Waals surface area contributed by atoms with Crippen molar-refractivity contribution < 1.29 is 27.5 Å². The first-order valence-corrected chi connectivity index (χ1v) is 6.65. The molecule has 0 spiro atoms. The Morgan fingerprint density at radius 3 is 2.41 bits per heavy atom. The van der Waals surface area contributed by atoms with Gasteiger partial charge >= 0.3 is 18.1 Å². The van der Waals surface area contributed by atoms with Crippen LogP contribution in [0.4, 0.5) is 13.2 Å². The lowest BCUT2D eigenvalue weighted by Gasteiger charge is -2.08. The van der Waals surface area contributed by atoms with E-state index in [-0.39, 0.29) is 26.1 Å². The molecule has 0 atom stereocenters. The number of halogens is 3. The molecule has 2 N–H and O–H groups in total. The lowest BCUT2D eigenvalue weighted by atomic mass is 10.2. The second-order valence-electron chi connectivity index (χ2n) is 4.43. The van der Waals surface area contributed by atoms with Crippen molar-refractivity contribution in [3.63, 3.8) is 0 Å². The highest BCUT2D eigenvalue weighted by molar-refractivity contribution is 5.81. The summed E-state index contributed by atoms with van der Waals surface area (Å²) in [7, 11) is 0. The van der Waals surface area contributed by atoms with Gasteiger partial charge in [0, 0.05) is 6.54 Å². The van der Waals surface area contributed by atoms with Crippen molar-refractivity contribution in [2.24, 2.45) is 0 Å². The maximum absolute atomic E-state index is 11.9. The molecular weight excluding hydrogens is 301 g/mol. The summed E-state index contributed by atoms with van der Waals surface area (Å²) in [6.45, 7) is 0.298. The molecule has 0 heterocycles. The topological polar surface area (TPSA) is 67.4 Å². The number of rotatable bonds is 8. The Morgan fingerprint density at radius 2 is 1.77 bits per heavy atom. The second-order valence-corrected chi connectivity index (χ2v) is 4.43. The van der Waals surface area contributed by atoms with Crippen LogP contribution >= 0.6 is 0 Å². The van der Waals surface area contributed by atoms with Crippen molar-refractivity contribution in [2.45, 2.75) is 19.2 Å². The van der Waals surface area contributed by atoms with Crippen LogP contribution in [0, 0.1) is 0 Å². The van der Waals surface area contributed by atoms with E-state index in [1.807, 2.05) is 30.3 Å². The van der Waals surface area contributed by atoms with Crippen molar-refractivity contribution in [3.8, 4) is 0 Å². The number of ether oxygens (including phenoxy) is 1. The van der Waals surface area contributed by atoms with Gasteiger partial charge in [-0.05, 0) is 18.5 Å². The predicted molar refractivity (Wildman–Crippen MR) is 72.8 cm³/mol. The van der Waals surface area contributed by atoms with Gasteiger partial charge in [0.2, 0.25) is 0 Å². The summed E-state index contributed by atoms with van der Waals surface area (Å²) < 4.78 is 40.6. The number of carbonyl (C=O) groups is 2. The number of esters is 1. The van der Waals surface area contributed by atoms with Crippen LogP contribution in [0.15, 0.2) is 30.3 Å². The minimum atomic E-state index is -4.87. The summed E-state index contributed by atoms with van der Waals surface area (Å²) in [5.74, 6) is -2.42. The van der Waals surface area contributed by atoms with Crippen LogP contribution in [0.25, 0.3) is 0 Å². The molecule has 1 rings (SSSR count). The van der Waals surface area contributed by atoms with Crippen LogP contribution in [0.5, 0.6) is 0 Å². The second kappa shape index (κ2) is 9.04. The van der Waals surface area contributed by atoms with Gasteiger partial charge in [-0.2, -0.15) is 13.2 Å². The summed E-state index contributed by atoms with van der Waals surface area (Å²) in [6, 6.07) is 9.16. The van der Waals surface area contributed by atoms with E-state index in [0.29, 0.717) is 6.54 Å². The maximum Gasteiger partial charge on any atom is 0.471 e. The highest BCUT2D eigenvalue weighted by Gasteiger charge is 2.38. The van der Waals surface area contributed by atoms with E-state index < -0.39 is 18.1 Å². The number of hydrogen-bond acceptors (Lipinski definition) is 4. The zero-order valence-electron chi connectivity index (χ0n) is 11.8. The Labute approximate surface area is 125 Å². The molecule has 0 bridgehead atoms. The van der Waals surface area contributed by atoms with Crippen LogP contribution in [0.2, 0.25) is 0 Å². The number of alkyl halides is 3. The van der Waals surface area contributed by atoms with Crippen LogP contribution in [-0.4, -0.2) is 37.7 Å². The van der Waals surface area contributed by atoms with Crippen LogP contribution < -0.4 is 10.6 Å². The number of hydrogen-bond donors (Lipinski definition) is 2. The average Bonchev–Trinajstić information content (AvgIpc) is 2.48. The quantitative estimate of drug-likeness (QED) is 0.561. The zero-order valence-corrected chi connectivity index (χ0v) is 11.8. The Bertz CT molecular complexity index is 478. The van der Waals surface area contributed by atoms with Gasteiger partial charge in [-0.25, -0.2) is 0 Å². The molecule has 0 aliphatic rings. The zero-order chi connectivity index (χ0) is 16.4. The number of carbonyl (C=O) groups excluding carboxylic acids is 2. The number of benzene rings is 1. The third kappa shape index (κ3) is 7.63. The molecule has 8 heteroatoms. The third-order valence-electron chi connectivity index (χ3n) is 2.59. The van der Waals surface area contributed by atoms with Crippen molar-refractivity contribution in [3.05, 3.63) is 35.9 Å². The molecule has 0 radical (unpaired) electrons. The van der Waals surface area contributed by atoms with Gasteiger partial charge in [-0.1, -0.05) is 30.3 Å². The lowest BCUT2D eigenvalue weighted by Crippen LogP contribution is -2.38. The smallest absolute Gasteiger partial charge is 0.460 e. The summed E-state index contributed by atoms with van der Waals surface area (Å²) in [5.41, 5.74) is 0.866. The first kappa shape index (κ1) is 18.0. The van der Waals surface area contributed by atoms with Gasteiger partial charge < -0.3 is 15.4 Å². The highest BCUT2D eigenvalue weighted by Crippen LogP contribution is 2.13. The van der Waals surface area contributed by atoms with Gasteiger partial charge in [0.25, 0.3) is 0 Å². The minimum absolute atomic E-state index is 0.0416. The van der Waals surface area contributed by atoms with Crippen molar-refractivity contribution in [2.75, 3.05) is 19.6 Å². The number of amides is 1. The molecule has 0 saturated carbocycles. The molecule has 1 aromatic carbocycles. The molecule has 0 aliphatic heterocycles. The predicted octanol–water partition coefficient (Wildman–Crippen LogP) is 1.39. The third-order valence-corrected chi connectivity index (χ3v) is 2.59. The Morgan fingerprint density at radius 1 is 1.09 bits per heavy atom. The van der Waals surface area contributed by atoms with Gasteiger partial charge in [0.1, 0.15) is 6.61 Å². The van der Waals surface area contributed by atoms with E-state index in [1.54, 1.807) is 5.32 Å². The first-order chi connectivity index (χ1) is 10.4. The van der Waals surface area contributed by atoms with Crippen molar-refractivity contribution in [1.82, 2.24) is 10.6 Å². The van der Waals surface area contributed by atoms with E-state index in [1.165, 1.54) is 0 Å². The molecule has 22 heavy (non-hydrogen) atoms. The Balaban J connectivity index is 2.03. The fraction of sp³-hybridized carbons (Fsp3) is 0.429. The molecule has 1 aromatic rings. The molecule has 0 aliphatic carbocycles. The summed E-state index contributed by atoms with van der Waals surface area (Å²) in [6.07, 6.45) is -4.59. The molecule has 0 unspecified atom stereocenters. The summed E-state index contributed by atoms with van der Waals surface area (Å²) in [5, 5.41) is 4.46. The van der Waals surface area contributed by atoms with Gasteiger partial charge in [-0.15, -0.1) is 0 Å². The minimum Gasteiger partial charge on any atom is -0.460 e. The highest BCUT2D eigenvalue weighted by atomic mass is 19.4. The summed E-state index contributed by atoms with van der Waals surface area (Å²) in [4.78, 5) is 21.9. The molecule has 1 amide bonds. The van der Waals surface area contributed by atoms with E-state index in [4.69, 9.17) is 4.74 Å². The Kier molecular flexibility index (Phi) is 7.38. The molecule has 0 saturated heterocycles. The van der Waals surface area contributed by atoms with E-state index in [2.05, 4.69) is 5.32 Å². The van der Waals surface area contributed by atoms with Gasteiger partial charge in [-0.3, -0.25) is 9.59 Å². The van der Waals surface area contributed by atoms with Gasteiger partial charge in [0.15, 0.2) is 0 Å². The van der Waals surface area contributed by atoms with Gasteiger partial charge in [0.05, 0.1) is 6.54 Å². The van der Waals surface area contributed by atoms with Crippen LogP contribution in [0.3, 0.4) is 0 Å². The first-order valence-electron chi connectivity index (χ1n) is 6.65. The average molecular weight is 318 g/mol. The standard InChI is InChI=1S/C14H17F3N2O3/c15-14(16,17)13(21)19-8-4-7-18-9-12(20)22-10-11-5-2-1-3-6-11/h1-3,5-6,18H,4,7-10H2,(H,19,21). The Hall–Kier alpha value is -2.09. The van der Waals surface area contributed by atoms with E-state index >= 15 is 0 Å². The molecule has 122 valence electrons. The fourth-order valence-corrected chi connectivity index (χ4v) is 1.50. The largest absolute Gasteiger partial charge is 0.471 e. The monoisotopic (exact) mass is 318 g/mol. The number of nitrogens with one attached hydrogen (secondary N) is 2. The molecule has 5 nitrogen and oxygen atoms in total. The fourth-order valence-electron chi connectivity index (χ4n) is 1.50. The summed E-state index contributed by atoms with van der Waals surface area (Å²) >= 11 is 0. The lowest BCUT2D eigenvalue weighted by molar-refractivity contribution is -0.173. The van der Waals surface area contributed by atoms with E-state index in [9.17, 15) is 22.8 Å². The van der Waals surface area contributed by atoms with Crippen LogP contribution in [0.1, 0.15) is 12.0 Å². The SMILES string of the molecule is O=C(CNCCCNC(=O)C(F)(F)F)OCc1ccccc1. The van der Waals surface area contributed by atoms with Crippen molar-refractivity contribution in [1.29, 1.82) is 0 Å². The molecule has 0 aromatic heterocycles. The van der Waals surface area contributed by atoms with Crippen molar-refractivity contribution >= 4 is 11.9 Å². The van der Waals surface area contributed by atoms with Crippen LogP contribution in [-0.2, 0) is 20.9 Å². The molecule has 0 fully saturated rings. The maximum atomic E-state index is 11.9.